The van der Waals surface area contributed by atoms with Crippen molar-refractivity contribution in [1.29, 1.82) is 0 Å². The van der Waals surface area contributed by atoms with Crippen molar-refractivity contribution in [3.05, 3.63) is 36.4 Å². The molecular weight excluding hydrogens is 197 g/mol. The first-order valence-corrected chi connectivity index (χ1v) is 4.31. The van der Waals surface area contributed by atoms with Gasteiger partial charge < -0.3 is 0 Å². The van der Waals surface area contributed by atoms with E-state index in [1.807, 2.05) is 0 Å². The van der Waals surface area contributed by atoms with Gasteiger partial charge in [0.1, 0.15) is 0 Å². The van der Waals surface area contributed by atoms with E-state index in [4.69, 9.17) is 0 Å². The summed E-state index contributed by atoms with van der Waals surface area (Å²) >= 11 is -0.114. The zero-order valence-corrected chi connectivity index (χ0v) is 7.45. The molecule has 0 fully saturated rings. The number of rotatable bonds is 2. The Kier molecular flexibility index (Phi) is 3.03. The minimum absolute atomic E-state index is 0.114. The molecule has 0 saturated carbocycles. The number of halogens is 3. The summed E-state index contributed by atoms with van der Waals surface area (Å²) in [6, 6.07) is 6.05. The molecule has 0 aliphatic heterocycles. The lowest BCUT2D eigenvalue weighted by Crippen LogP contribution is -1.98. The standard InChI is InChI=1S/C9H7F3S/c1-2-7-3-5-8(6-4-7)13-9(10,11)12/h2-6H,1H2. The van der Waals surface area contributed by atoms with E-state index < -0.39 is 5.51 Å². The topological polar surface area (TPSA) is 0 Å². The van der Waals surface area contributed by atoms with Gasteiger partial charge in [-0.15, -0.1) is 0 Å². The molecule has 0 atom stereocenters. The molecule has 4 heteroatoms. The second-order valence-corrected chi connectivity index (χ2v) is 3.46. The maximum atomic E-state index is 11.9. The molecule has 0 spiro atoms. The lowest BCUT2D eigenvalue weighted by atomic mass is 10.2. The first-order chi connectivity index (χ1) is 6.01. The van der Waals surface area contributed by atoms with Crippen LogP contribution in [0.4, 0.5) is 13.2 Å². The van der Waals surface area contributed by atoms with Gasteiger partial charge in [-0.2, -0.15) is 13.2 Å². The zero-order valence-electron chi connectivity index (χ0n) is 6.64. The van der Waals surface area contributed by atoms with E-state index in [-0.39, 0.29) is 16.7 Å². The smallest absolute Gasteiger partial charge is 0.160 e. The minimum Gasteiger partial charge on any atom is -0.160 e. The van der Waals surface area contributed by atoms with Gasteiger partial charge in [-0.25, -0.2) is 0 Å². The van der Waals surface area contributed by atoms with Gasteiger partial charge >= 0.3 is 5.51 Å². The molecule has 0 N–H and O–H groups in total. The Balaban J connectivity index is 2.75. The van der Waals surface area contributed by atoms with Gasteiger partial charge in [0.2, 0.25) is 0 Å². The third-order valence-electron chi connectivity index (χ3n) is 1.35. The molecule has 0 aliphatic rings. The van der Waals surface area contributed by atoms with E-state index in [0.717, 1.165) is 5.56 Å². The summed E-state index contributed by atoms with van der Waals surface area (Å²) in [6.45, 7) is 3.51. The molecule has 0 nitrogen and oxygen atoms in total. The lowest BCUT2D eigenvalue weighted by Gasteiger charge is -2.04. The maximum Gasteiger partial charge on any atom is 0.446 e. The fourth-order valence-corrected chi connectivity index (χ4v) is 1.35. The van der Waals surface area contributed by atoms with Gasteiger partial charge in [0, 0.05) is 4.90 Å². The maximum absolute atomic E-state index is 11.9. The monoisotopic (exact) mass is 204 g/mol. The highest BCUT2D eigenvalue weighted by Gasteiger charge is 2.28. The number of thioether (sulfide) groups is 1. The molecule has 1 aromatic rings. The van der Waals surface area contributed by atoms with E-state index in [9.17, 15) is 13.2 Å². The number of alkyl halides is 3. The van der Waals surface area contributed by atoms with E-state index in [1.165, 1.54) is 12.1 Å². The minimum atomic E-state index is -4.21. The van der Waals surface area contributed by atoms with Crippen molar-refractivity contribution in [2.24, 2.45) is 0 Å². The summed E-state index contributed by atoms with van der Waals surface area (Å²) in [6.07, 6.45) is 1.59. The van der Waals surface area contributed by atoms with Crippen molar-refractivity contribution in [3.8, 4) is 0 Å². The fourth-order valence-electron chi connectivity index (χ4n) is 0.806. The average molecular weight is 204 g/mol. The highest BCUT2D eigenvalue weighted by molar-refractivity contribution is 8.00. The lowest BCUT2D eigenvalue weighted by molar-refractivity contribution is -0.0328. The summed E-state index contributed by atoms with van der Waals surface area (Å²) < 4.78 is 35.6. The molecule has 0 saturated heterocycles. The molecule has 0 radical (unpaired) electrons. The molecule has 70 valence electrons. The highest BCUT2D eigenvalue weighted by Crippen LogP contribution is 2.36. The SMILES string of the molecule is C=Cc1ccc(SC(F)(F)F)cc1. The quantitative estimate of drug-likeness (QED) is 0.657. The Hall–Kier alpha value is -0.900. The molecule has 0 aliphatic carbocycles. The van der Waals surface area contributed by atoms with Crippen LogP contribution in [0.5, 0.6) is 0 Å². The van der Waals surface area contributed by atoms with E-state index in [1.54, 1.807) is 18.2 Å². The van der Waals surface area contributed by atoms with Crippen LogP contribution in [0.3, 0.4) is 0 Å². The number of hydrogen-bond acceptors (Lipinski definition) is 1. The Bertz CT molecular complexity index is 287. The normalized spacial score (nSPS) is 11.3. The second kappa shape index (κ2) is 3.87. The fraction of sp³-hybridized carbons (Fsp3) is 0.111. The van der Waals surface area contributed by atoms with Crippen molar-refractivity contribution in [3.63, 3.8) is 0 Å². The van der Waals surface area contributed by atoms with Crippen molar-refractivity contribution >= 4 is 17.8 Å². The second-order valence-electron chi connectivity index (χ2n) is 2.32. The zero-order chi connectivity index (χ0) is 9.90. The van der Waals surface area contributed by atoms with E-state index in [2.05, 4.69) is 6.58 Å². The molecule has 0 unspecified atom stereocenters. The third-order valence-corrected chi connectivity index (χ3v) is 2.09. The first-order valence-electron chi connectivity index (χ1n) is 3.49. The van der Waals surface area contributed by atoms with E-state index >= 15 is 0 Å². The summed E-state index contributed by atoms with van der Waals surface area (Å²) in [4.78, 5) is 0.193. The predicted molar refractivity (Wildman–Crippen MR) is 48.4 cm³/mol. The van der Waals surface area contributed by atoms with Crippen LogP contribution < -0.4 is 0 Å². The summed E-state index contributed by atoms with van der Waals surface area (Å²) in [7, 11) is 0. The molecule has 1 rings (SSSR count). The Morgan fingerprint density at radius 3 is 2.08 bits per heavy atom. The number of hydrogen-bond donors (Lipinski definition) is 0. The van der Waals surface area contributed by atoms with Gasteiger partial charge in [0.05, 0.1) is 0 Å². The Labute approximate surface area is 78.5 Å². The summed E-state index contributed by atoms with van der Waals surface area (Å²) in [5.41, 5.74) is -3.40. The predicted octanol–water partition coefficient (Wildman–Crippen LogP) is 3.94. The van der Waals surface area contributed by atoms with Crippen LogP contribution in [0.25, 0.3) is 6.08 Å². The van der Waals surface area contributed by atoms with Gasteiger partial charge in [-0.3, -0.25) is 0 Å². The van der Waals surface area contributed by atoms with Crippen LogP contribution >= 0.6 is 11.8 Å². The summed E-state index contributed by atoms with van der Waals surface area (Å²) in [5.74, 6) is 0. The Morgan fingerprint density at radius 2 is 1.69 bits per heavy atom. The van der Waals surface area contributed by atoms with Crippen molar-refractivity contribution < 1.29 is 13.2 Å². The van der Waals surface area contributed by atoms with Crippen molar-refractivity contribution in [1.82, 2.24) is 0 Å². The van der Waals surface area contributed by atoms with Crippen LogP contribution in [0, 0.1) is 0 Å². The third kappa shape index (κ3) is 3.55. The highest BCUT2D eigenvalue weighted by atomic mass is 32.2. The molecular formula is C9H7F3S. The molecule has 0 aromatic heterocycles. The molecule has 0 bridgehead atoms. The Morgan fingerprint density at radius 1 is 1.15 bits per heavy atom. The first kappa shape index (κ1) is 10.2. The average Bonchev–Trinajstić information content (AvgIpc) is 2.03. The van der Waals surface area contributed by atoms with Crippen LogP contribution in [0.2, 0.25) is 0 Å². The van der Waals surface area contributed by atoms with Crippen molar-refractivity contribution in [2.45, 2.75) is 10.4 Å². The summed E-state index contributed by atoms with van der Waals surface area (Å²) in [5, 5.41) is 0. The molecule has 0 amide bonds. The van der Waals surface area contributed by atoms with Gasteiger partial charge in [-0.1, -0.05) is 24.8 Å². The van der Waals surface area contributed by atoms with Crippen LogP contribution in [-0.4, -0.2) is 5.51 Å². The molecule has 1 aromatic carbocycles. The van der Waals surface area contributed by atoms with Gasteiger partial charge in [-0.05, 0) is 29.5 Å². The van der Waals surface area contributed by atoms with Crippen molar-refractivity contribution in [2.75, 3.05) is 0 Å². The van der Waals surface area contributed by atoms with E-state index in [0.29, 0.717) is 0 Å². The van der Waals surface area contributed by atoms with Crippen LogP contribution in [-0.2, 0) is 0 Å². The largest absolute Gasteiger partial charge is 0.446 e. The van der Waals surface area contributed by atoms with Gasteiger partial charge in [0.15, 0.2) is 0 Å². The van der Waals surface area contributed by atoms with Crippen LogP contribution in [0.1, 0.15) is 5.56 Å². The number of benzene rings is 1. The molecule has 13 heavy (non-hydrogen) atoms. The van der Waals surface area contributed by atoms with Crippen LogP contribution in [0.15, 0.2) is 35.7 Å². The molecule has 0 heterocycles. The van der Waals surface area contributed by atoms with Gasteiger partial charge in [0.25, 0.3) is 0 Å².